The molecule has 0 bridgehead atoms. The molecule has 2 atom stereocenters. The van der Waals surface area contributed by atoms with Gasteiger partial charge in [-0.15, -0.1) is 0 Å². The van der Waals surface area contributed by atoms with E-state index in [2.05, 4.69) is 12.2 Å². The maximum Gasteiger partial charge on any atom is 0.408 e. The topological polar surface area (TPSA) is 58.6 Å². The lowest BCUT2D eigenvalue weighted by atomic mass is 10.0. The molecule has 1 aliphatic rings. The summed E-state index contributed by atoms with van der Waals surface area (Å²) in [6.45, 7) is 12.1. The van der Waals surface area contributed by atoms with Crippen LogP contribution in [-0.4, -0.2) is 41.1 Å². The van der Waals surface area contributed by atoms with Crippen molar-refractivity contribution in [1.82, 2.24) is 10.2 Å². The summed E-state index contributed by atoms with van der Waals surface area (Å²) in [6.07, 6.45) is 1.53. The lowest BCUT2D eigenvalue weighted by molar-refractivity contribution is -0.135. The summed E-state index contributed by atoms with van der Waals surface area (Å²) in [4.78, 5) is 26.3. The van der Waals surface area contributed by atoms with Gasteiger partial charge >= 0.3 is 6.09 Å². The van der Waals surface area contributed by atoms with Crippen LogP contribution >= 0.6 is 0 Å². The summed E-state index contributed by atoms with van der Waals surface area (Å²) in [6, 6.07) is -0.269. The van der Waals surface area contributed by atoms with Crippen molar-refractivity contribution < 1.29 is 14.3 Å². The summed E-state index contributed by atoms with van der Waals surface area (Å²) >= 11 is 0. The van der Waals surface area contributed by atoms with Crippen LogP contribution in [-0.2, 0) is 9.53 Å². The summed E-state index contributed by atoms with van der Waals surface area (Å²) in [5, 5.41) is 2.72. The van der Waals surface area contributed by atoms with Crippen LogP contribution in [0.4, 0.5) is 4.79 Å². The standard InChI is InChI=1S/C15H28N2O3/c1-10(2)12(16-14(19)20-15(4,5)6)13(18)17-9-7-8-11(17)3/h10-12H,7-9H2,1-6H3,(H,16,19). The third kappa shape index (κ3) is 4.69. The Bertz CT molecular complexity index is 361. The normalized spacial score (nSPS) is 20.9. The number of hydrogen-bond donors (Lipinski definition) is 1. The smallest absolute Gasteiger partial charge is 0.408 e. The Morgan fingerprint density at radius 3 is 2.30 bits per heavy atom. The van der Waals surface area contributed by atoms with Gasteiger partial charge in [0.1, 0.15) is 11.6 Å². The van der Waals surface area contributed by atoms with E-state index in [4.69, 9.17) is 4.74 Å². The molecule has 0 radical (unpaired) electrons. The number of carbonyl (C=O) groups excluding carboxylic acids is 2. The number of nitrogens with zero attached hydrogens (tertiary/aromatic N) is 1. The van der Waals surface area contributed by atoms with Crippen molar-refractivity contribution in [2.75, 3.05) is 6.54 Å². The highest BCUT2D eigenvalue weighted by molar-refractivity contribution is 5.86. The van der Waals surface area contributed by atoms with Crippen molar-refractivity contribution in [2.45, 2.75) is 72.1 Å². The molecule has 1 rings (SSSR count). The minimum Gasteiger partial charge on any atom is -0.444 e. The highest BCUT2D eigenvalue weighted by Crippen LogP contribution is 2.19. The van der Waals surface area contributed by atoms with Gasteiger partial charge in [0.15, 0.2) is 0 Å². The molecular weight excluding hydrogens is 256 g/mol. The van der Waals surface area contributed by atoms with Crippen molar-refractivity contribution >= 4 is 12.0 Å². The predicted molar refractivity (Wildman–Crippen MR) is 78.4 cm³/mol. The summed E-state index contributed by atoms with van der Waals surface area (Å²) in [7, 11) is 0. The summed E-state index contributed by atoms with van der Waals surface area (Å²) in [5.74, 6) is 0.0266. The molecule has 1 fully saturated rings. The lowest BCUT2D eigenvalue weighted by Gasteiger charge is -2.30. The minimum atomic E-state index is -0.560. The molecule has 116 valence electrons. The predicted octanol–water partition coefficient (Wildman–Crippen LogP) is 2.55. The van der Waals surface area contributed by atoms with Gasteiger partial charge in [0.2, 0.25) is 5.91 Å². The minimum absolute atomic E-state index is 0.00383. The molecule has 0 spiro atoms. The van der Waals surface area contributed by atoms with E-state index >= 15 is 0 Å². The average Bonchev–Trinajstić information content (AvgIpc) is 2.68. The summed E-state index contributed by atoms with van der Waals surface area (Å²) < 4.78 is 5.24. The molecular formula is C15H28N2O3. The molecule has 0 aliphatic carbocycles. The van der Waals surface area contributed by atoms with Crippen LogP contribution in [0.5, 0.6) is 0 Å². The highest BCUT2D eigenvalue weighted by atomic mass is 16.6. The average molecular weight is 284 g/mol. The molecule has 1 N–H and O–H groups in total. The van der Waals surface area contributed by atoms with Gasteiger partial charge in [-0.25, -0.2) is 4.79 Å². The van der Waals surface area contributed by atoms with Gasteiger partial charge in [-0.3, -0.25) is 4.79 Å². The number of amides is 2. The molecule has 2 amide bonds. The molecule has 20 heavy (non-hydrogen) atoms. The zero-order valence-corrected chi connectivity index (χ0v) is 13.5. The van der Waals surface area contributed by atoms with E-state index in [-0.39, 0.29) is 17.9 Å². The van der Waals surface area contributed by atoms with Crippen LogP contribution in [0.2, 0.25) is 0 Å². The Balaban J connectivity index is 2.69. The molecule has 5 heteroatoms. The van der Waals surface area contributed by atoms with Crippen LogP contribution < -0.4 is 5.32 Å². The highest BCUT2D eigenvalue weighted by Gasteiger charge is 2.34. The fraction of sp³-hybridized carbons (Fsp3) is 0.867. The van der Waals surface area contributed by atoms with Crippen LogP contribution in [0.15, 0.2) is 0 Å². The van der Waals surface area contributed by atoms with Crippen LogP contribution in [0.25, 0.3) is 0 Å². The third-order valence-corrected chi connectivity index (χ3v) is 3.44. The monoisotopic (exact) mass is 284 g/mol. The molecule has 5 nitrogen and oxygen atoms in total. The summed E-state index contributed by atoms with van der Waals surface area (Å²) in [5.41, 5.74) is -0.560. The van der Waals surface area contributed by atoms with Crippen LogP contribution in [0.3, 0.4) is 0 Å². The number of rotatable bonds is 3. The Morgan fingerprint density at radius 2 is 1.90 bits per heavy atom. The van der Waals surface area contributed by atoms with Gasteiger partial charge in [0.05, 0.1) is 0 Å². The molecule has 0 aromatic heterocycles. The molecule has 1 saturated heterocycles. The maximum atomic E-state index is 12.6. The van der Waals surface area contributed by atoms with Gasteiger partial charge in [0.25, 0.3) is 0 Å². The van der Waals surface area contributed by atoms with Gasteiger partial charge < -0.3 is 15.0 Å². The number of alkyl carbamates (subject to hydrolysis) is 1. The van der Waals surface area contributed by atoms with E-state index in [1.807, 2.05) is 18.7 Å². The fourth-order valence-electron chi connectivity index (χ4n) is 2.39. The lowest BCUT2D eigenvalue weighted by Crippen LogP contribution is -2.52. The third-order valence-electron chi connectivity index (χ3n) is 3.44. The number of likely N-dealkylation sites (tertiary alicyclic amines) is 1. The Morgan fingerprint density at radius 1 is 1.30 bits per heavy atom. The molecule has 0 saturated carbocycles. The van der Waals surface area contributed by atoms with E-state index in [0.29, 0.717) is 0 Å². The second kappa shape index (κ2) is 6.46. The Labute approximate surface area is 122 Å². The van der Waals surface area contributed by atoms with E-state index in [9.17, 15) is 9.59 Å². The second-order valence-electron chi connectivity index (χ2n) is 6.89. The largest absolute Gasteiger partial charge is 0.444 e. The molecule has 1 aliphatic heterocycles. The van der Waals surface area contributed by atoms with E-state index < -0.39 is 17.7 Å². The maximum absolute atomic E-state index is 12.6. The molecule has 0 aromatic carbocycles. The van der Waals surface area contributed by atoms with E-state index in [0.717, 1.165) is 19.4 Å². The van der Waals surface area contributed by atoms with E-state index in [1.165, 1.54) is 0 Å². The number of hydrogen-bond acceptors (Lipinski definition) is 3. The fourth-order valence-corrected chi connectivity index (χ4v) is 2.39. The van der Waals surface area contributed by atoms with Crippen molar-refractivity contribution in [3.63, 3.8) is 0 Å². The molecule has 0 aromatic rings. The van der Waals surface area contributed by atoms with Crippen molar-refractivity contribution in [3.8, 4) is 0 Å². The first-order chi connectivity index (χ1) is 9.11. The SMILES string of the molecule is CC(C)C(NC(=O)OC(C)(C)C)C(=O)N1CCCC1C. The molecule has 1 heterocycles. The Kier molecular flexibility index (Phi) is 5.42. The van der Waals surface area contributed by atoms with Crippen molar-refractivity contribution in [2.24, 2.45) is 5.92 Å². The first-order valence-electron chi connectivity index (χ1n) is 7.42. The van der Waals surface area contributed by atoms with Gasteiger partial charge in [-0.2, -0.15) is 0 Å². The van der Waals surface area contributed by atoms with Gasteiger partial charge in [-0.05, 0) is 46.5 Å². The number of carbonyl (C=O) groups is 2. The zero-order valence-electron chi connectivity index (χ0n) is 13.5. The van der Waals surface area contributed by atoms with Crippen molar-refractivity contribution in [1.29, 1.82) is 0 Å². The van der Waals surface area contributed by atoms with Crippen molar-refractivity contribution in [3.05, 3.63) is 0 Å². The van der Waals surface area contributed by atoms with Crippen LogP contribution in [0.1, 0.15) is 54.4 Å². The number of ether oxygens (including phenoxy) is 1. The van der Waals surface area contributed by atoms with Crippen LogP contribution in [0, 0.1) is 5.92 Å². The quantitative estimate of drug-likeness (QED) is 0.866. The number of nitrogens with one attached hydrogen (secondary N) is 1. The first kappa shape index (κ1) is 16.8. The van der Waals surface area contributed by atoms with E-state index in [1.54, 1.807) is 20.8 Å². The van der Waals surface area contributed by atoms with Gasteiger partial charge in [0, 0.05) is 12.6 Å². The zero-order chi connectivity index (χ0) is 15.5. The van der Waals surface area contributed by atoms with Gasteiger partial charge in [-0.1, -0.05) is 13.8 Å². The second-order valence-corrected chi connectivity index (χ2v) is 6.89. The Hall–Kier alpha value is -1.26. The first-order valence-corrected chi connectivity index (χ1v) is 7.42. The molecule has 2 unspecified atom stereocenters.